The van der Waals surface area contributed by atoms with Crippen molar-refractivity contribution in [2.24, 2.45) is 5.92 Å². The number of benzene rings is 1. The summed E-state index contributed by atoms with van der Waals surface area (Å²) in [5.74, 6) is 0.285. The van der Waals surface area contributed by atoms with E-state index in [0.717, 1.165) is 38.0 Å². The van der Waals surface area contributed by atoms with Gasteiger partial charge in [-0.3, -0.25) is 4.79 Å². The van der Waals surface area contributed by atoms with Gasteiger partial charge >= 0.3 is 0 Å². The molecule has 0 aromatic heterocycles. The number of aliphatic hydroxyl groups excluding tert-OH is 1. The highest BCUT2D eigenvalue weighted by atomic mass is 16.3. The quantitative estimate of drug-likeness (QED) is 0.820. The summed E-state index contributed by atoms with van der Waals surface area (Å²) in [6.45, 7) is 6.21. The van der Waals surface area contributed by atoms with E-state index in [9.17, 15) is 9.90 Å². The summed E-state index contributed by atoms with van der Waals surface area (Å²) in [6.07, 6.45) is 2.66. The molecule has 1 aromatic rings. The number of piperidine rings is 1. The molecular formula is C17H26N2O2. The third-order valence-corrected chi connectivity index (χ3v) is 4.21. The Morgan fingerprint density at radius 1 is 1.43 bits per heavy atom. The molecule has 2 rings (SSSR count). The second-order valence-electron chi connectivity index (χ2n) is 5.91. The number of amides is 1. The van der Waals surface area contributed by atoms with Gasteiger partial charge < -0.3 is 15.3 Å². The van der Waals surface area contributed by atoms with Crippen LogP contribution in [0.2, 0.25) is 0 Å². The van der Waals surface area contributed by atoms with Crippen LogP contribution in [0.1, 0.15) is 43.5 Å². The Morgan fingerprint density at radius 3 is 2.90 bits per heavy atom. The van der Waals surface area contributed by atoms with E-state index in [-0.39, 0.29) is 11.8 Å². The molecule has 1 heterocycles. The van der Waals surface area contributed by atoms with Crippen LogP contribution in [0, 0.1) is 5.92 Å². The molecule has 1 aliphatic heterocycles. The number of β-amino-alcohol motifs (C(OH)–C–C–N with tert-alkyl or cyclic N) is 1. The molecule has 4 nitrogen and oxygen atoms in total. The Morgan fingerprint density at radius 2 is 2.19 bits per heavy atom. The smallest absolute Gasteiger partial charge is 0.256 e. The summed E-state index contributed by atoms with van der Waals surface area (Å²) in [5.41, 5.74) is 1.60. The lowest BCUT2D eigenvalue weighted by Crippen LogP contribution is -2.46. The number of para-hydroxylation sites is 1. The topological polar surface area (TPSA) is 52.6 Å². The molecule has 2 unspecified atom stereocenters. The maximum Gasteiger partial charge on any atom is 0.256 e. The van der Waals surface area contributed by atoms with Crippen LogP contribution in [0.15, 0.2) is 24.3 Å². The molecule has 21 heavy (non-hydrogen) atoms. The Bertz CT molecular complexity index is 476. The summed E-state index contributed by atoms with van der Waals surface area (Å²) >= 11 is 0. The minimum absolute atomic E-state index is 0.0144. The molecule has 1 amide bonds. The van der Waals surface area contributed by atoms with Crippen LogP contribution in [0.25, 0.3) is 0 Å². The molecule has 1 aromatic carbocycles. The van der Waals surface area contributed by atoms with Crippen LogP contribution in [0.4, 0.5) is 5.69 Å². The number of nitrogens with one attached hydrogen (secondary N) is 1. The van der Waals surface area contributed by atoms with Crippen LogP contribution in [-0.2, 0) is 0 Å². The van der Waals surface area contributed by atoms with Crippen LogP contribution in [-0.4, -0.2) is 41.7 Å². The molecule has 1 saturated heterocycles. The van der Waals surface area contributed by atoms with Crippen LogP contribution in [0.5, 0.6) is 0 Å². The molecule has 116 valence electrons. The van der Waals surface area contributed by atoms with Gasteiger partial charge in [-0.2, -0.15) is 0 Å². The highest BCUT2D eigenvalue weighted by Crippen LogP contribution is 2.22. The van der Waals surface area contributed by atoms with Gasteiger partial charge in [0.1, 0.15) is 0 Å². The molecule has 4 heteroatoms. The van der Waals surface area contributed by atoms with E-state index in [1.807, 2.05) is 31.2 Å². The average Bonchev–Trinajstić information content (AvgIpc) is 2.50. The first-order chi connectivity index (χ1) is 10.1. The van der Waals surface area contributed by atoms with Crippen molar-refractivity contribution in [2.75, 3.05) is 25.0 Å². The molecule has 0 radical (unpaired) electrons. The number of hydrogen-bond acceptors (Lipinski definition) is 3. The number of rotatable bonds is 5. The van der Waals surface area contributed by atoms with Crippen LogP contribution in [0.3, 0.4) is 0 Å². The molecule has 0 aliphatic carbocycles. The molecule has 1 fully saturated rings. The van der Waals surface area contributed by atoms with E-state index in [2.05, 4.69) is 12.2 Å². The highest BCUT2D eigenvalue weighted by Gasteiger charge is 2.28. The molecule has 0 saturated carbocycles. The second kappa shape index (κ2) is 7.46. The maximum atomic E-state index is 12.7. The number of carbonyl (C=O) groups is 1. The first-order valence-electron chi connectivity index (χ1n) is 7.93. The zero-order valence-corrected chi connectivity index (χ0v) is 13.0. The number of likely N-dealkylation sites (tertiary alicyclic amines) is 1. The Labute approximate surface area is 127 Å². The Balaban J connectivity index is 2.08. The van der Waals surface area contributed by atoms with Gasteiger partial charge in [0.25, 0.3) is 5.91 Å². The standard InChI is InChI=1S/C17H26N2O2/c1-3-4-10-18-15-8-6-5-7-14(15)17(21)19-11-9-13(2)16(20)12-19/h5-8,13,16,18,20H,3-4,9-12H2,1-2H3. The largest absolute Gasteiger partial charge is 0.391 e. The average molecular weight is 290 g/mol. The van der Waals surface area contributed by atoms with Crippen molar-refractivity contribution in [1.29, 1.82) is 0 Å². The minimum Gasteiger partial charge on any atom is -0.391 e. The van der Waals surface area contributed by atoms with Crippen molar-refractivity contribution in [2.45, 2.75) is 39.2 Å². The summed E-state index contributed by atoms with van der Waals surface area (Å²) in [4.78, 5) is 14.4. The highest BCUT2D eigenvalue weighted by molar-refractivity contribution is 5.99. The van der Waals surface area contributed by atoms with Crippen molar-refractivity contribution >= 4 is 11.6 Å². The first kappa shape index (κ1) is 15.8. The number of hydrogen-bond donors (Lipinski definition) is 2. The van der Waals surface area contributed by atoms with E-state index in [1.54, 1.807) is 4.90 Å². The fourth-order valence-electron chi connectivity index (χ4n) is 2.63. The van der Waals surface area contributed by atoms with Crippen LogP contribution >= 0.6 is 0 Å². The molecule has 2 N–H and O–H groups in total. The molecular weight excluding hydrogens is 264 g/mol. The summed E-state index contributed by atoms with van der Waals surface area (Å²) < 4.78 is 0. The van der Waals surface area contributed by atoms with Gasteiger partial charge in [-0.05, 0) is 30.9 Å². The summed E-state index contributed by atoms with van der Waals surface area (Å²) in [7, 11) is 0. The second-order valence-corrected chi connectivity index (χ2v) is 5.91. The fraction of sp³-hybridized carbons (Fsp3) is 0.588. The van der Waals surface area contributed by atoms with E-state index in [0.29, 0.717) is 12.1 Å². The van der Waals surface area contributed by atoms with Gasteiger partial charge in [0.2, 0.25) is 0 Å². The normalized spacial score (nSPS) is 22.1. The zero-order valence-electron chi connectivity index (χ0n) is 13.0. The third-order valence-electron chi connectivity index (χ3n) is 4.21. The SMILES string of the molecule is CCCCNc1ccccc1C(=O)N1CCC(C)C(O)C1. The van der Waals surface area contributed by atoms with E-state index >= 15 is 0 Å². The lowest BCUT2D eigenvalue weighted by molar-refractivity contribution is 0.0249. The van der Waals surface area contributed by atoms with Gasteiger partial charge in [0, 0.05) is 25.3 Å². The Kier molecular flexibility index (Phi) is 5.62. The molecule has 2 atom stereocenters. The first-order valence-corrected chi connectivity index (χ1v) is 7.93. The Hall–Kier alpha value is -1.55. The minimum atomic E-state index is -0.414. The lowest BCUT2D eigenvalue weighted by Gasteiger charge is -2.34. The predicted molar refractivity (Wildman–Crippen MR) is 85.5 cm³/mol. The van der Waals surface area contributed by atoms with E-state index in [4.69, 9.17) is 0 Å². The molecule has 0 spiro atoms. The van der Waals surface area contributed by atoms with Gasteiger partial charge in [-0.15, -0.1) is 0 Å². The predicted octanol–water partition coefficient (Wildman–Crippen LogP) is 2.74. The van der Waals surface area contributed by atoms with Gasteiger partial charge in [0.05, 0.1) is 11.7 Å². The zero-order chi connectivity index (χ0) is 15.2. The lowest BCUT2D eigenvalue weighted by atomic mass is 9.95. The van der Waals surface area contributed by atoms with Crippen molar-refractivity contribution in [1.82, 2.24) is 4.90 Å². The fourth-order valence-corrected chi connectivity index (χ4v) is 2.63. The molecule has 1 aliphatic rings. The number of unbranched alkanes of at least 4 members (excludes halogenated alkanes) is 1. The number of carbonyl (C=O) groups excluding carboxylic acids is 1. The van der Waals surface area contributed by atoms with Crippen molar-refractivity contribution in [3.05, 3.63) is 29.8 Å². The van der Waals surface area contributed by atoms with Gasteiger partial charge in [-0.25, -0.2) is 0 Å². The van der Waals surface area contributed by atoms with Crippen molar-refractivity contribution in [3.8, 4) is 0 Å². The third kappa shape index (κ3) is 3.97. The van der Waals surface area contributed by atoms with Crippen LogP contribution < -0.4 is 5.32 Å². The number of aliphatic hydroxyl groups is 1. The maximum absolute atomic E-state index is 12.7. The summed E-state index contributed by atoms with van der Waals surface area (Å²) in [6, 6.07) is 7.65. The van der Waals surface area contributed by atoms with E-state index in [1.165, 1.54) is 0 Å². The molecule has 0 bridgehead atoms. The summed E-state index contributed by atoms with van der Waals surface area (Å²) in [5, 5.41) is 13.3. The number of anilines is 1. The van der Waals surface area contributed by atoms with Crippen molar-refractivity contribution in [3.63, 3.8) is 0 Å². The monoisotopic (exact) mass is 290 g/mol. The van der Waals surface area contributed by atoms with E-state index < -0.39 is 6.10 Å². The van der Waals surface area contributed by atoms with Gasteiger partial charge in [-0.1, -0.05) is 32.4 Å². The van der Waals surface area contributed by atoms with Gasteiger partial charge in [0.15, 0.2) is 0 Å². The number of nitrogens with zero attached hydrogens (tertiary/aromatic N) is 1. The van der Waals surface area contributed by atoms with Crippen molar-refractivity contribution < 1.29 is 9.90 Å².